The van der Waals surface area contributed by atoms with Crippen LogP contribution in [0, 0.1) is 0 Å². The second-order valence-electron chi connectivity index (χ2n) is 10.8. The van der Waals surface area contributed by atoms with Crippen LogP contribution in [0.15, 0.2) is 158 Å². The molecule has 0 amide bonds. The molecular weight excluding hydrogens is 569 g/mol. The smallest absolute Gasteiger partial charge is 0.164 e. The van der Waals surface area contributed by atoms with Crippen LogP contribution in [0.1, 0.15) is 0 Å². The van der Waals surface area contributed by atoms with Gasteiger partial charge in [-0.15, -0.1) is 11.3 Å². The quantitative estimate of drug-likeness (QED) is 0.192. The summed E-state index contributed by atoms with van der Waals surface area (Å²) in [6.45, 7) is 0. The first-order valence-corrected chi connectivity index (χ1v) is 15.6. The largest absolute Gasteiger partial charge is 0.236 e. The maximum absolute atomic E-state index is 5.03. The van der Waals surface area contributed by atoms with Gasteiger partial charge in [-0.1, -0.05) is 127 Å². The third kappa shape index (κ3) is 5.53. The molecule has 5 heteroatoms. The van der Waals surface area contributed by atoms with Crippen LogP contribution in [0.5, 0.6) is 0 Å². The second kappa shape index (κ2) is 11.7. The van der Waals surface area contributed by atoms with E-state index in [1.165, 1.54) is 0 Å². The minimum Gasteiger partial charge on any atom is -0.236 e. The monoisotopic (exact) mass is 594 g/mol. The highest BCUT2D eigenvalue weighted by Crippen LogP contribution is 2.36. The molecule has 0 unspecified atom stereocenters. The van der Waals surface area contributed by atoms with E-state index in [0.29, 0.717) is 17.5 Å². The third-order valence-corrected chi connectivity index (χ3v) is 8.81. The maximum Gasteiger partial charge on any atom is 0.164 e. The Morgan fingerprint density at radius 2 is 0.756 bits per heavy atom. The topological polar surface area (TPSA) is 51.6 Å². The summed E-state index contributed by atoms with van der Waals surface area (Å²) in [5.41, 5.74) is 9.39. The van der Waals surface area contributed by atoms with Crippen molar-refractivity contribution >= 4 is 21.6 Å². The molecule has 0 radical (unpaired) electrons. The summed E-state index contributed by atoms with van der Waals surface area (Å²) in [5, 5.41) is 1.02. The Hall–Kier alpha value is -5.78. The van der Waals surface area contributed by atoms with Gasteiger partial charge in [-0.3, -0.25) is 0 Å². The first-order chi connectivity index (χ1) is 22.3. The summed E-state index contributed by atoms with van der Waals surface area (Å²) in [5.74, 6) is 1.92. The number of hydrogen-bond donors (Lipinski definition) is 0. The molecule has 8 aromatic rings. The van der Waals surface area contributed by atoms with Crippen LogP contribution in [0.2, 0.25) is 0 Å². The molecule has 0 aliphatic rings. The first-order valence-electron chi connectivity index (χ1n) is 14.8. The molecule has 0 fully saturated rings. The van der Waals surface area contributed by atoms with E-state index in [-0.39, 0.29) is 0 Å². The van der Waals surface area contributed by atoms with Gasteiger partial charge in [-0.25, -0.2) is 19.9 Å². The summed E-state index contributed by atoms with van der Waals surface area (Å²) in [4.78, 5) is 19.9. The molecule has 2 aromatic heterocycles. The number of nitrogens with zero attached hydrogens (tertiary/aromatic N) is 4. The lowest BCUT2D eigenvalue weighted by Crippen LogP contribution is -2.00. The van der Waals surface area contributed by atoms with Gasteiger partial charge in [0.15, 0.2) is 17.5 Å². The van der Waals surface area contributed by atoms with Crippen molar-refractivity contribution in [2.45, 2.75) is 0 Å². The lowest BCUT2D eigenvalue weighted by molar-refractivity contribution is 1.07. The number of fused-ring (bicyclic) bond motifs is 1. The molecule has 0 spiro atoms. The Bertz CT molecular complexity index is 2190. The molecule has 0 aliphatic carbocycles. The van der Waals surface area contributed by atoms with E-state index < -0.39 is 0 Å². The van der Waals surface area contributed by atoms with Crippen LogP contribution in [-0.2, 0) is 0 Å². The summed E-state index contributed by atoms with van der Waals surface area (Å²) in [6, 6.07) is 54.1. The van der Waals surface area contributed by atoms with Gasteiger partial charge < -0.3 is 0 Å². The summed E-state index contributed by atoms with van der Waals surface area (Å²) >= 11 is 1.72. The molecule has 0 aliphatic heterocycles. The third-order valence-electron chi connectivity index (χ3n) is 7.74. The van der Waals surface area contributed by atoms with E-state index in [2.05, 4.69) is 84.9 Å². The van der Waals surface area contributed by atoms with E-state index >= 15 is 0 Å². The van der Waals surface area contributed by atoms with Crippen molar-refractivity contribution in [2.24, 2.45) is 0 Å². The second-order valence-corrected chi connectivity index (χ2v) is 11.8. The molecule has 0 saturated heterocycles. The highest BCUT2D eigenvalue weighted by atomic mass is 32.1. The van der Waals surface area contributed by atoms with E-state index in [9.17, 15) is 0 Å². The molecule has 0 N–H and O–H groups in total. The predicted molar refractivity (Wildman–Crippen MR) is 186 cm³/mol. The normalized spacial score (nSPS) is 11.1. The van der Waals surface area contributed by atoms with E-state index in [1.807, 2.05) is 72.8 Å². The Balaban J connectivity index is 1.30. The van der Waals surface area contributed by atoms with Gasteiger partial charge in [0.1, 0.15) is 5.01 Å². The highest BCUT2D eigenvalue weighted by molar-refractivity contribution is 7.21. The van der Waals surface area contributed by atoms with Gasteiger partial charge in [0, 0.05) is 22.3 Å². The lowest BCUT2D eigenvalue weighted by Gasteiger charge is -2.12. The zero-order valence-electron chi connectivity index (χ0n) is 24.2. The molecule has 0 bridgehead atoms. The van der Waals surface area contributed by atoms with Crippen LogP contribution in [-0.4, -0.2) is 19.9 Å². The number of rotatable bonds is 6. The van der Waals surface area contributed by atoms with Gasteiger partial charge in [0.25, 0.3) is 0 Å². The fourth-order valence-electron chi connectivity index (χ4n) is 5.47. The first kappa shape index (κ1) is 26.8. The molecule has 6 aromatic carbocycles. The predicted octanol–water partition coefficient (Wildman–Crippen LogP) is 10.5. The zero-order chi connectivity index (χ0) is 30.0. The molecule has 2 heterocycles. The maximum atomic E-state index is 5.03. The van der Waals surface area contributed by atoms with Gasteiger partial charge in [-0.2, -0.15) is 0 Å². The minimum absolute atomic E-state index is 0.631. The van der Waals surface area contributed by atoms with E-state index in [0.717, 1.165) is 59.7 Å². The molecule has 0 atom stereocenters. The average molecular weight is 595 g/mol. The molecule has 8 rings (SSSR count). The van der Waals surface area contributed by atoms with E-state index in [1.54, 1.807) is 11.3 Å². The summed E-state index contributed by atoms with van der Waals surface area (Å²) in [7, 11) is 0. The molecule has 212 valence electrons. The van der Waals surface area contributed by atoms with Crippen LogP contribution >= 0.6 is 11.3 Å². The Morgan fingerprint density at radius 3 is 1.31 bits per heavy atom. The Kier molecular flexibility index (Phi) is 6.98. The Morgan fingerprint density at radius 1 is 0.311 bits per heavy atom. The minimum atomic E-state index is 0.631. The van der Waals surface area contributed by atoms with Crippen LogP contribution in [0.4, 0.5) is 0 Å². The summed E-state index contributed by atoms with van der Waals surface area (Å²) < 4.78 is 1.15. The number of aromatic nitrogens is 4. The molecule has 45 heavy (non-hydrogen) atoms. The van der Waals surface area contributed by atoms with Gasteiger partial charge in [0.2, 0.25) is 0 Å². The van der Waals surface area contributed by atoms with Crippen LogP contribution in [0.25, 0.3) is 77.2 Å². The summed E-state index contributed by atoms with van der Waals surface area (Å²) in [6.07, 6.45) is 0. The SMILES string of the molecule is c1ccc(-c2cc(-c3ccc4nc(-c5ccccc5)sc4c3)cc(-c3nc(-c4ccccc4)nc(-c4ccccc4)n3)c2)cc1. The average Bonchev–Trinajstić information content (AvgIpc) is 3.57. The van der Waals surface area contributed by atoms with Gasteiger partial charge in [0.05, 0.1) is 10.2 Å². The molecule has 4 nitrogen and oxygen atoms in total. The van der Waals surface area contributed by atoms with Crippen molar-refractivity contribution in [1.82, 2.24) is 19.9 Å². The van der Waals surface area contributed by atoms with Crippen molar-refractivity contribution in [3.05, 3.63) is 158 Å². The number of thiazole rings is 1. The number of hydrogen-bond acceptors (Lipinski definition) is 5. The highest BCUT2D eigenvalue weighted by Gasteiger charge is 2.15. The van der Waals surface area contributed by atoms with E-state index in [4.69, 9.17) is 19.9 Å². The van der Waals surface area contributed by atoms with Crippen molar-refractivity contribution in [2.75, 3.05) is 0 Å². The van der Waals surface area contributed by atoms with Crippen LogP contribution < -0.4 is 0 Å². The zero-order valence-corrected chi connectivity index (χ0v) is 25.0. The fraction of sp³-hybridized carbons (Fsp3) is 0. The van der Waals surface area contributed by atoms with Crippen molar-refractivity contribution in [1.29, 1.82) is 0 Å². The van der Waals surface area contributed by atoms with Crippen molar-refractivity contribution in [3.63, 3.8) is 0 Å². The van der Waals surface area contributed by atoms with Crippen molar-refractivity contribution in [3.8, 4) is 67.0 Å². The van der Waals surface area contributed by atoms with Crippen LogP contribution in [0.3, 0.4) is 0 Å². The fourth-order valence-corrected chi connectivity index (χ4v) is 6.48. The van der Waals surface area contributed by atoms with Gasteiger partial charge in [-0.05, 0) is 52.6 Å². The standard InChI is InChI=1S/C40H26N4S/c1-5-13-27(14-6-1)32-23-33(31-21-22-35-36(26-31)45-40(41-35)30-19-11-4-12-20-30)25-34(24-32)39-43-37(28-15-7-2-8-16-28)42-38(44-39)29-17-9-3-10-18-29/h1-26H. The van der Waals surface area contributed by atoms with Crippen molar-refractivity contribution < 1.29 is 0 Å². The number of benzene rings is 6. The van der Waals surface area contributed by atoms with Gasteiger partial charge >= 0.3 is 0 Å². The molecule has 0 saturated carbocycles. The lowest BCUT2D eigenvalue weighted by atomic mass is 9.95. The molecular formula is C40H26N4S. The Labute approximate surface area is 265 Å².